The largest absolute Gasteiger partial charge is 0.397 e. The van der Waals surface area contributed by atoms with Gasteiger partial charge in [-0.2, -0.15) is 0 Å². The van der Waals surface area contributed by atoms with Gasteiger partial charge >= 0.3 is 0 Å². The SMILES string of the molecule is Nc1ccccc1NC(=O)[C@H](O)[C@@H](O)[C@H](O)[C@H](O)CO. The first-order valence-electron chi connectivity index (χ1n) is 5.87. The number of anilines is 2. The van der Waals surface area contributed by atoms with Crippen LogP contribution in [-0.4, -0.2) is 62.5 Å². The van der Waals surface area contributed by atoms with Gasteiger partial charge in [0.05, 0.1) is 18.0 Å². The van der Waals surface area contributed by atoms with Crippen molar-refractivity contribution < 1.29 is 30.3 Å². The van der Waals surface area contributed by atoms with Gasteiger partial charge in [0.25, 0.3) is 5.91 Å². The summed E-state index contributed by atoms with van der Waals surface area (Å²) in [5.41, 5.74) is 6.09. The summed E-state index contributed by atoms with van der Waals surface area (Å²) in [6.07, 6.45) is -7.49. The molecule has 0 radical (unpaired) electrons. The van der Waals surface area contributed by atoms with Gasteiger partial charge in [-0.3, -0.25) is 4.79 Å². The molecule has 0 aliphatic rings. The predicted octanol–water partition coefficient (Wildman–Crippen LogP) is -2.36. The number of nitrogens with one attached hydrogen (secondary N) is 1. The van der Waals surface area contributed by atoms with Crippen LogP contribution in [0.1, 0.15) is 0 Å². The van der Waals surface area contributed by atoms with E-state index in [2.05, 4.69) is 5.32 Å². The van der Waals surface area contributed by atoms with E-state index in [-0.39, 0.29) is 11.4 Å². The highest BCUT2D eigenvalue weighted by Gasteiger charge is 2.34. The van der Waals surface area contributed by atoms with Gasteiger partial charge in [0.15, 0.2) is 6.10 Å². The molecule has 0 saturated carbocycles. The van der Waals surface area contributed by atoms with Crippen LogP contribution < -0.4 is 11.1 Å². The van der Waals surface area contributed by atoms with E-state index in [1.807, 2.05) is 0 Å². The number of aliphatic hydroxyl groups excluding tert-OH is 5. The average Bonchev–Trinajstić information content (AvgIpc) is 2.46. The fourth-order valence-electron chi connectivity index (χ4n) is 1.49. The van der Waals surface area contributed by atoms with Gasteiger partial charge < -0.3 is 36.6 Å². The molecule has 1 aromatic carbocycles. The molecule has 112 valence electrons. The van der Waals surface area contributed by atoms with Crippen molar-refractivity contribution in [2.75, 3.05) is 17.7 Å². The third-order valence-electron chi connectivity index (χ3n) is 2.74. The van der Waals surface area contributed by atoms with Gasteiger partial charge in [-0.05, 0) is 12.1 Å². The molecule has 8 N–H and O–H groups in total. The molecule has 1 rings (SSSR count). The summed E-state index contributed by atoms with van der Waals surface area (Å²) in [5.74, 6) is -1.00. The molecular weight excluding hydrogens is 268 g/mol. The Morgan fingerprint density at radius 3 is 2.30 bits per heavy atom. The topological polar surface area (TPSA) is 156 Å². The van der Waals surface area contributed by atoms with E-state index in [0.717, 1.165) is 0 Å². The molecule has 8 heteroatoms. The Kier molecular flexibility index (Phi) is 5.86. The van der Waals surface area contributed by atoms with Crippen LogP contribution >= 0.6 is 0 Å². The Morgan fingerprint density at radius 1 is 1.15 bits per heavy atom. The standard InChI is InChI=1S/C12H18N2O6/c13-6-3-1-2-4-7(6)14-12(20)11(19)10(18)9(17)8(16)5-15/h1-4,8-11,15-19H,5,13H2,(H,14,20)/t8-,9-,10+,11-/m1/s1. The van der Waals surface area contributed by atoms with Crippen molar-refractivity contribution in [1.82, 2.24) is 0 Å². The van der Waals surface area contributed by atoms with Crippen molar-refractivity contribution in [1.29, 1.82) is 0 Å². The van der Waals surface area contributed by atoms with Crippen molar-refractivity contribution in [2.45, 2.75) is 24.4 Å². The number of hydrogen-bond acceptors (Lipinski definition) is 7. The lowest BCUT2D eigenvalue weighted by Crippen LogP contribution is -2.50. The van der Waals surface area contributed by atoms with Gasteiger partial charge in [-0.15, -0.1) is 0 Å². The second kappa shape index (κ2) is 7.17. The van der Waals surface area contributed by atoms with E-state index in [0.29, 0.717) is 0 Å². The number of rotatable bonds is 6. The first-order valence-corrected chi connectivity index (χ1v) is 5.87. The summed E-state index contributed by atoms with van der Waals surface area (Å²) in [6, 6.07) is 6.28. The van der Waals surface area contributed by atoms with E-state index in [1.165, 1.54) is 12.1 Å². The summed E-state index contributed by atoms with van der Waals surface area (Å²) < 4.78 is 0. The average molecular weight is 286 g/mol. The molecule has 20 heavy (non-hydrogen) atoms. The third-order valence-corrected chi connectivity index (χ3v) is 2.74. The lowest BCUT2D eigenvalue weighted by molar-refractivity contribution is -0.144. The smallest absolute Gasteiger partial charge is 0.256 e. The molecule has 8 nitrogen and oxygen atoms in total. The van der Waals surface area contributed by atoms with Crippen molar-refractivity contribution in [3.63, 3.8) is 0 Å². The van der Waals surface area contributed by atoms with Gasteiger partial charge in [-0.1, -0.05) is 12.1 Å². The molecule has 0 saturated heterocycles. The van der Waals surface area contributed by atoms with Crippen molar-refractivity contribution >= 4 is 17.3 Å². The van der Waals surface area contributed by atoms with Crippen LogP contribution in [0.15, 0.2) is 24.3 Å². The molecular formula is C12H18N2O6. The molecule has 4 atom stereocenters. The van der Waals surface area contributed by atoms with Gasteiger partial charge in [0.1, 0.15) is 18.3 Å². The molecule has 0 aromatic heterocycles. The van der Waals surface area contributed by atoms with Crippen molar-refractivity contribution in [2.24, 2.45) is 0 Å². The molecule has 0 unspecified atom stereocenters. The van der Waals surface area contributed by atoms with E-state index < -0.39 is 36.9 Å². The number of nitrogen functional groups attached to an aromatic ring is 1. The van der Waals surface area contributed by atoms with Crippen molar-refractivity contribution in [3.05, 3.63) is 24.3 Å². The highest BCUT2D eigenvalue weighted by molar-refractivity contribution is 5.96. The monoisotopic (exact) mass is 286 g/mol. The maximum Gasteiger partial charge on any atom is 0.256 e. The Hall–Kier alpha value is -1.71. The third kappa shape index (κ3) is 3.89. The Balaban J connectivity index is 2.70. The molecule has 1 aromatic rings. The van der Waals surface area contributed by atoms with E-state index in [1.54, 1.807) is 12.1 Å². The number of aliphatic hydroxyl groups is 5. The van der Waals surface area contributed by atoms with Crippen LogP contribution in [0.2, 0.25) is 0 Å². The summed E-state index contributed by atoms with van der Waals surface area (Å²) >= 11 is 0. The fraction of sp³-hybridized carbons (Fsp3) is 0.417. The number of nitrogens with two attached hydrogens (primary N) is 1. The first-order chi connectivity index (χ1) is 9.38. The van der Waals surface area contributed by atoms with Crippen LogP contribution in [0.3, 0.4) is 0 Å². The first kappa shape index (κ1) is 16.3. The quantitative estimate of drug-likeness (QED) is 0.288. The lowest BCUT2D eigenvalue weighted by Gasteiger charge is -2.25. The number of benzene rings is 1. The highest BCUT2D eigenvalue weighted by atomic mass is 16.4. The number of para-hydroxylation sites is 2. The van der Waals surface area contributed by atoms with Crippen LogP contribution in [0.25, 0.3) is 0 Å². The fourth-order valence-corrected chi connectivity index (χ4v) is 1.49. The predicted molar refractivity (Wildman–Crippen MR) is 70.6 cm³/mol. The van der Waals surface area contributed by atoms with Gasteiger partial charge in [0.2, 0.25) is 0 Å². The molecule has 1 amide bonds. The molecule has 0 aliphatic carbocycles. The highest BCUT2D eigenvalue weighted by Crippen LogP contribution is 2.17. The van der Waals surface area contributed by atoms with E-state index in [4.69, 9.17) is 15.9 Å². The molecule has 0 spiro atoms. The molecule has 0 heterocycles. The van der Waals surface area contributed by atoms with Crippen molar-refractivity contribution in [3.8, 4) is 0 Å². The molecule has 0 fully saturated rings. The summed E-state index contributed by atoms with van der Waals surface area (Å²) in [7, 11) is 0. The normalized spacial score (nSPS) is 17.1. The maximum absolute atomic E-state index is 11.7. The molecule has 0 aliphatic heterocycles. The van der Waals surface area contributed by atoms with E-state index in [9.17, 15) is 20.1 Å². The second-order valence-corrected chi connectivity index (χ2v) is 4.25. The zero-order valence-corrected chi connectivity index (χ0v) is 10.5. The van der Waals surface area contributed by atoms with Crippen LogP contribution in [-0.2, 0) is 4.79 Å². The Bertz CT molecular complexity index is 455. The number of amides is 1. The van der Waals surface area contributed by atoms with Crippen LogP contribution in [0.5, 0.6) is 0 Å². The number of hydrogen-bond donors (Lipinski definition) is 7. The molecule has 0 bridgehead atoms. The van der Waals surface area contributed by atoms with Gasteiger partial charge in [-0.25, -0.2) is 0 Å². The number of carbonyl (C=O) groups excluding carboxylic acids is 1. The number of carbonyl (C=O) groups is 1. The minimum absolute atomic E-state index is 0.237. The van der Waals surface area contributed by atoms with Crippen LogP contribution in [0, 0.1) is 0 Å². The summed E-state index contributed by atoms with van der Waals surface area (Å²) in [5, 5.41) is 48.6. The minimum atomic E-state index is -1.99. The zero-order chi connectivity index (χ0) is 15.3. The Morgan fingerprint density at radius 2 is 1.75 bits per heavy atom. The summed E-state index contributed by atoms with van der Waals surface area (Å²) in [4.78, 5) is 11.7. The lowest BCUT2D eigenvalue weighted by atomic mass is 10.0. The van der Waals surface area contributed by atoms with Gasteiger partial charge in [0, 0.05) is 0 Å². The Labute approximate surface area is 115 Å². The second-order valence-electron chi connectivity index (χ2n) is 4.25. The van der Waals surface area contributed by atoms with E-state index >= 15 is 0 Å². The zero-order valence-electron chi connectivity index (χ0n) is 10.5. The maximum atomic E-state index is 11.7. The minimum Gasteiger partial charge on any atom is -0.397 e. The summed E-state index contributed by atoms with van der Waals surface area (Å²) in [6.45, 7) is -0.821. The van der Waals surface area contributed by atoms with Crippen LogP contribution in [0.4, 0.5) is 11.4 Å².